The van der Waals surface area contributed by atoms with Gasteiger partial charge in [-0.05, 0) is 68.4 Å². The van der Waals surface area contributed by atoms with E-state index < -0.39 is 5.25 Å². The molecule has 1 N–H and O–H groups in total. The molecule has 1 amide bonds. The van der Waals surface area contributed by atoms with Gasteiger partial charge in [-0.25, -0.2) is 4.39 Å². The molecule has 9 heteroatoms. The Bertz CT molecular complexity index is 1180. The van der Waals surface area contributed by atoms with E-state index in [0.717, 1.165) is 42.1 Å². The van der Waals surface area contributed by atoms with Crippen LogP contribution in [0, 0.1) is 5.82 Å². The number of carbonyl (C=O) groups excluding carboxylic acids is 1. The fourth-order valence-corrected chi connectivity index (χ4v) is 5.24. The molecule has 0 saturated heterocycles. The second-order valence-electron chi connectivity index (χ2n) is 8.35. The van der Waals surface area contributed by atoms with Crippen molar-refractivity contribution in [3.8, 4) is 17.2 Å². The molecule has 1 heterocycles. The monoisotopic (exact) mass is 546 g/mol. The van der Waals surface area contributed by atoms with E-state index in [1.54, 1.807) is 30.2 Å². The maximum atomic E-state index is 13.6. The molecule has 0 fully saturated rings. The largest absolute Gasteiger partial charge is 0.497 e. The van der Waals surface area contributed by atoms with Crippen LogP contribution >= 0.6 is 24.2 Å². The maximum Gasteiger partial charge on any atom is 0.244 e. The number of hydrogen-bond donors (Lipinski definition) is 1. The van der Waals surface area contributed by atoms with Gasteiger partial charge < -0.3 is 24.4 Å². The van der Waals surface area contributed by atoms with E-state index in [1.807, 2.05) is 49.5 Å². The molecule has 3 aromatic carbocycles. The molecule has 198 valence electrons. The van der Waals surface area contributed by atoms with Crippen LogP contribution in [0.5, 0.6) is 17.2 Å². The van der Waals surface area contributed by atoms with Crippen molar-refractivity contribution in [2.75, 3.05) is 45.4 Å². The lowest BCUT2D eigenvalue weighted by Gasteiger charge is -2.32. The number of carbonyl (C=O) groups is 1. The van der Waals surface area contributed by atoms with Crippen LogP contribution in [0.2, 0.25) is 0 Å². The van der Waals surface area contributed by atoms with Crippen molar-refractivity contribution in [3.05, 3.63) is 78.1 Å². The summed E-state index contributed by atoms with van der Waals surface area (Å²) in [6.45, 7) is 2.50. The highest BCUT2D eigenvalue weighted by Gasteiger charge is 2.34. The SMILES string of the molecule is COc1ccc(OCCCNCCCOc2ccccc2F)c(C2Sc3ccccc3N(C)C2=O)c1.Cl. The first kappa shape index (κ1) is 28.6. The molecule has 3 aromatic rings. The lowest BCUT2D eigenvalue weighted by Crippen LogP contribution is -2.33. The molecular formula is C28H32ClFN2O4S. The molecule has 6 nitrogen and oxygen atoms in total. The lowest BCUT2D eigenvalue weighted by molar-refractivity contribution is -0.118. The Kier molecular flexibility index (Phi) is 10.9. The third kappa shape index (κ3) is 7.31. The quantitative estimate of drug-likeness (QED) is 0.286. The van der Waals surface area contributed by atoms with Crippen molar-refractivity contribution in [2.24, 2.45) is 0 Å². The van der Waals surface area contributed by atoms with Gasteiger partial charge in [-0.2, -0.15) is 0 Å². The summed E-state index contributed by atoms with van der Waals surface area (Å²) in [6.07, 6.45) is 1.57. The van der Waals surface area contributed by atoms with Crippen LogP contribution in [0.25, 0.3) is 0 Å². The number of methoxy groups -OCH3 is 1. The van der Waals surface area contributed by atoms with E-state index in [0.29, 0.717) is 24.7 Å². The number of halogens is 2. The van der Waals surface area contributed by atoms with Crippen LogP contribution in [-0.4, -0.2) is 46.4 Å². The summed E-state index contributed by atoms with van der Waals surface area (Å²) >= 11 is 1.54. The molecule has 0 aromatic heterocycles. The molecule has 0 saturated carbocycles. The second-order valence-corrected chi connectivity index (χ2v) is 9.50. The number of rotatable bonds is 12. The normalized spacial score (nSPS) is 14.5. The van der Waals surface area contributed by atoms with Gasteiger partial charge in [0.25, 0.3) is 0 Å². The fraction of sp³-hybridized carbons (Fsp3) is 0.321. The standard InChI is InChI=1S/C28H31FN2O4S.ClH/c1-31-23-10-4-6-12-26(23)36-27(28(31)32)21-19-20(33-2)13-14-24(21)34-17-7-15-30-16-8-18-35-25-11-5-3-9-22(25)29;/h3-6,9-14,19,27,30H,7-8,15-18H2,1-2H3;1H. The van der Waals surface area contributed by atoms with Crippen molar-refractivity contribution in [3.63, 3.8) is 0 Å². The smallest absolute Gasteiger partial charge is 0.244 e. The van der Waals surface area contributed by atoms with Gasteiger partial charge in [-0.3, -0.25) is 4.79 Å². The number of benzene rings is 3. The molecule has 1 aliphatic rings. The van der Waals surface area contributed by atoms with Gasteiger partial charge in [0.15, 0.2) is 11.6 Å². The van der Waals surface area contributed by atoms with E-state index in [9.17, 15) is 9.18 Å². The number of anilines is 1. The molecule has 1 unspecified atom stereocenters. The van der Waals surface area contributed by atoms with Crippen molar-refractivity contribution in [1.29, 1.82) is 0 Å². The zero-order chi connectivity index (χ0) is 25.3. The minimum Gasteiger partial charge on any atom is -0.497 e. The van der Waals surface area contributed by atoms with Gasteiger partial charge in [0, 0.05) is 17.5 Å². The van der Waals surface area contributed by atoms with Gasteiger partial charge in [-0.1, -0.05) is 24.3 Å². The van der Waals surface area contributed by atoms with E-state index in [4.69, 9.17) is 14.2 Å². The molecule has 0 radical (unpaired) electrons. The molecule has 1 aliphatic heterocycles. The van der Waals surface area contributed by atoms with Crippen LogP contribution in [0.1, 0.15) is 23.7 Å². The van der Waals surface area contributed by atoms with Gasteiger partial charge in [0.1, 0.15) is 16.7 Å². The van der Waals surface area contributed by atoms with Crippen LogP contribution in [0.15, 0.2) is 71.6 Å². The van der Waals surface area contributed by atoms with E-state index in [1.165, 1.54) is 17.8 Å². The predicted octanol–water partition coefficient (Wildman–Crippen LogP) is 5.89. The molecule has 0 aliphatic carbocycles. The van der Waals surface area contributed by atoms with Crippen molar-refractivity contribution >= 4 is 35.8 Å². The molecule has 4 rings (SSSR count). The molecule has 0 spiro atoms. The average Bonchev–Trinajstić information content (AvgIpc) is 2.91. The van der Waals surface area contributed by atoms with E-state index in [2.05, 4.69) is 5.32 Å². The van der Waals surface area contributed by atoms with E-state index >= 15 is 0 Å². The Morgan fingerprint density at radius 2 is 1.62 bits per heavy atom. The van der Waals surface area contributed by atoms with Gasteiger partial charge in [-0.15, -0.1) is 24.2 Å². The summed E-state index contributed by atoms with van der Waals surface area (Å²) in [6, 6.07) is 19.9. The lowest BCUT2D eigenvalue weighted by atomic mass is 10.1. The molecule has 37 heavy (non-hydrogen) atoms. The number of ether oxygens (including phenoxy) is 3. The first-order valence-corrected chi connectivity index (χ1v) is 12.9. The topological polar surface area (TPSA) is 60.0 Å². The molecular weight excluding hydrogens is 515 g/mol. The predicted molar refractivity (Wildman–Crippen MR) is 148 cm³/mol. The molecule has 0 bridgehead atoms. The van der Waals surface area contributed by atoms with Gasteiger partial charge in [0.2, 0.25) is 5.91 Å². The summed E-state index contributed by atoms with van der Waals surface area (Å²) < 4.78 is 30.6. The van der Waals surface area contributed by atoms with Crippen LogP contribution in [-0.2, 0) is 4.79 Å². The molecule has 1 atom stereocenters. The fourth-order valence-electron chi connectivity index (χ4n) is 3.94. The van der Waals surface area contributed by atoms with Crippen molar-refractivity contribution in [1.82, 2.24) is 5.32 Å². The third-order valence-electron chi connectivity index (χ3n) is 5.87. The Morgan fingerprint density at radius 1 is 0.946 bits per heavy atom. The van der Waals surface area contributed by atoms with Crippen LogP contribution in [0.4, 0.5) is 10.1 Å². The van der Waals surface area contributed by atoms with Crippen LogP contribution < -0.4 is 24.4 Å². The Morgan fingerprint density at radius 3 is 2.35 bits per heavy atom. The number of hydrogen-bond acceptors (Lipinski definition) is 6. The minimum atomic E-state index is -0.414. The van der Waals surface area contributed by atoms with Crippen molar-refractivity contribution < 1.29 is 23.4 Å². The Labute approximate surface area is 227 Å². The first-order chi connectivity index (χ1) is 17.6. The number of likely N-dealkylation sites (N-methyl/N-ethyl adjacent to an activating group) is 1. The number of fused-ring (bicyclic) bond motifs is 1. The first-order valence-electron chi connectivity index (χ1n) is 12.0. The zero-order valence-electron chi connectivity index (χ0n) is 20.9. The number of thioether (sulfide) groups is 1. The number of nitrogens with one attached hydrogen (secondary N) is 1. The zero-order valence-corrected chi connectivity index (χ0v) is 22.6. The van der Waals surface area contributed by atoms with Crippen LogP contribution in [0.3, 0.4) is 0 Å². The Hall–Kier alpha value is -2.94. The summed E-state index contributed by atoms with van der Waals surface area (Å²) in [5.41, 5.74) is 1.73. The highest BCUT2D eigenvalue weighted by molar-refractivity contribution is 8.00. The third-order valence-corrected chi connectivity index (χ3v) is 7.16. The van der Waals surface area contributed by atoms with Crippen molar-refractivity contribution in [2.45, 2.75) is 23.0 Å². The summed E-state index contributed by atoms with van der Waals surface area (Å²) in [5, 5.41) is 2.94. The highest BCUT2D eigenvalue weighted by Crippen LogP contribution is 2.48. The summed E-state index contributed by atoms with van der Waals surface area (Å²) in [5.74, 6) is 1.32. The maximum absolute atomic E-state index is 13.6. The number of amides is 1. The second kappa shape index (κ2) is 14.1. The number of nitrogens with zero attached hydrogens (tertiary/aromatic N) is 1. The Balaban J connectivity index is 0.00000380. The number of para-hydroxylation sites is 2. The average molecular weight is 547 g/mol. The highest BCUT2D eigenvalue weighted by atomic mass is 35.5. The van der Waals surface area contributed by atoms with E-state index in [-0.39, 0.29) is 29.9 Å². The summed E-state index contributed by atoms with van der Waals surface area (Å²) in [4.78, 5) is 16.0. The van der Waals surface area contributed by atoms with Gasteiger partial charge in [0.05, 0.1) is 26.0 Å². The minimum absolute atomic E-state index is 0. The summed E-state index contributed by atoms with van der Waals surface area (Å²) in [7, 11) is 3.42. The van der Waals surface area contributed by atoms with Gasteiger partial charge >= 0.3 is 0 Å².